The summed E-state index contributed by atoms with van der Waals surface area (Å²) in [4.78, 5) is 19.1. The largest absolute Gasteiger partial charge is 0.504 e. The lowest BCUT2D eigenvalue weighted by molar-refractivity contribution is 0.0778. The van der Waals surface area contributed by atoms with Crippen LogP contribution in [0.25, 0.3) is 0 Å². The number of phenols is 1. The molecule has 8 heteroatoms. The Balaban J connectivity index is 1.66. The summed E-state index contributed by atoms with van der Waals surface area (Å²) in [5, 5.41) is 14.7. The Morgan fingerprint density at radius 1 is 1.15 bits per heavy atom. The van der Waals surface area contributed by atoms with E-state index in [2.05, 4.69) is 5.32 Å². The van der Waals surface area contributed by atoms with Crippen molar-refractivity contribution in [3.8, 4) is 17.2 Å². The van der Waals surface area contributed by atoms with Gasteiger partial charge in [-0.2, -0.15) is 0 Å². The molecule has 0 aromatic heterocycles. The zero-order valence-electron chi connectivity index (χ0n) is 20.0. The first kappa shape index (κ1) is 23.9. The predicted octanol–water partition coefficient (Wildman–Crippen LogP) is 4.27. The SMILES string of the molecule is CCOC(=O)N1CCC2(CC1)N=C(c1ccc(OC)cc1)C[C@H](c1cccc(OCC)c1O)N2. The molecule has 2 heterocycles. The van der Waals surface area contributed by atoms with Gasteiger partial charge in [0.2, 0.25) is 0 Å². The third kappa shape index (κ3) is 4.97. The van der Waals surface area contributed by atoms with E-state index >= 15 is 0 Å². The van der Waals surface area contributed by atoms with Crippen LogP contribution in [0.2, 0.25) is 0 Å². The van der Waals surface area contributed by atoms with Crippen LogP contribution in [0.4, 0.5) is 4.79 Å². The van der Waals surface area contributed by atoms with Crippen molar-refractivity contribution < 1.29 is 24.1 Å². The molecular formula is C26H33N3O5. The molecule has 34 heavy (non-hydrogen) atoms. The summed E-state index contributed by atoms with van der Waals surface area (Å²) in [6.07, 6.45) is 1.62. The van der Waals surface area contributed by atoms with Gasteiger partial charge in [0.05, 0.1) is 20.3 Å². The second kappa shape index (κ2) is 10.3. The lowest BCUT2D eigenvalue weighted by Crippen LogP contribution is -2.56. The minimum atomic E-state index is -0.546. The number of nitrogens with zero attached hydrogens (tertiary/aromatic N) is 2. The van der Waals surface area contributed by atoms with Crippen LogP contribution in [0.15, 0.2) is 47.5 Å². The highest BCUT2D eigenvalue weighted by atomic mass is 16.6. The molecule has 8 nitrogen and oxygen atoms in total. The van der Waals surface area contributed by atoms with Crippen LogP contribution in [-0.2, 0) is 4.74 Å². The maximum atomic E-state index is 12.2. The Morgan fingerprint density at radius 2 is 1.88 bits per heavy atom. The summed E-state index contributed by atoms with van der Waals surface area (Å²) in [5.74, 6) is 1.41. The number of hydrogen-bond donors (Lipinski definition) is 2. The normalized spacial score (nSPS) is 19.4. The number of carbonyl (C=O) groups is 1. The average Bonchev–Trinajstić information content (AvgIpc) is 2.86. The standard InChI is InChI=1S/C26H33N3O5/c1-4-33-23-8-6-7-20(24(23)30)22-17-21(18-9-11-19(32-3)12-10-18)27-26(28-22)13-15-29(16-14-26)25(31)34-5-2/h6-12,22,28,30H,4-5,13-17H2,1-3H3/t22-/m1/s1. The topological polar surface area (TPSA) is 92.6 Å². The Hall–Kier alpha value is -3.26. The van der Waals surface area contributed by atoms with Crippen molar-refractivity contribution in [1.29, 1.82) is 0 Å². The van der Waals surface area contributed by atoms with Crippen molar-refractivity contribution in [2.45, 2.75) is 44.8 Å². The molecule has 1 fully saturated rings. The first-order valence-corrected chi connectivity index (χ1v) is 11.9. The number of benzene rings is 2. The molecule has 0 saturated carbocycles. The van der Waals surface area contributed by atoms with E-state index < -0.39 is 5.66 Å². The molecule has 2 aliphatic heterocycles. The second-order valence-electron chi connectivity index (χ2n) is 8.53. The van der Waals surface area contributed by atoms with Gasteiger partial charge in [0, 0.05) is 49.7 Å². The van der Waals surface area contributed by atoms with Crippen molar-refractivity contribution in [1.82, 2.24) is 10.2 Å². The van der Waals surface area contributed by atoms with Crippen molar-refractivity contribution in [3.05, 3.63) is 53.6 Å². The van der Waals surface area contributed by atoms with E-state index in [9.17, 15) is 9.90 Å². The maximum Gasteiger partial charge on any atom is 0.409 e. The average molecular weight is 468 g/mol. The van der Waals surface area contributed by atoms with Crippen LogP contribution < -0.4 is 14.8 Å². The maximum absolute atomic E-state index is 12.2. The molecule has 1 spiro atoms. The van der Waals surface area contributed by atoms with Crippen molar-refractivity contribution in [2.75, 3.05) is 33.4 Å². The smallest absolute Gasteiger partial charge is 0.409 e. The monoisotopic (exact) mass is 467 g/mol. The van der Waals surface area contributed by atoms with Gasteiger partial charge in [0.15, 0.2) is 11.5 Å². The van der Waals surface area contributed by atoms with Crippen molar-refractivity contribution in [2.24, 2.45) is 4.99 Å². The Morgan fingerprint density at radius 3 is 2.53 bits per heavy atom. The fourth-order valence-corrected chi connectivity index (χ4v) is 4.68. The number of aliphatic imine (C=N–C) groups is 1. The molecule has 2 aromatic rings. The summed E-state index contributed by atoms with van der Waals surface area (Å²) in [5.41, 5.74) is 2.20. The lowest BCUT2D eigenvalue weighted by Gasteiger charge is -2.45. The molecule has 182 valence electrons. The van der Waals surface area contributed by atoms with E-state index in [1.165, 1.54) is 0 Å². The van der Waals surface area contributed by atoms with Gasteiger partial charge in [-0.25, -0.2) is 4.79 Å². The Bertz CT molecular complexity index is 1030. The van der Waals surface area contributed by atoms with E-state index in [0.717, 1.165) is 22.6 Å². The lowest BCUT2D eigenvalue weighted by atomic mass is 9.87. The molecule has 0 aliphatic carbocycles. The molecule has 2 aliphatic rings. The molecule has 1 atom stereocenters. The van der Waals surface area contributed by atoms with Gasteiger partial charge in [0.25, 0.3) is 0 Å². The number of rotatable bonds is 6. The quantitative estimate of drug-likeness (QED) is 0.659. The summed E-state index contributed by atoms with van der Waals surface area (Å²) in [7, 11) is 1.65. The number of amides is 1. The number of hydrogen-bond acceptors (Lipinski definition) is 7. The van der Waals surface area contributed by atoms with Crippen molar-refractivity contribution in [3.63, 3.8) is 0 Å². The number of para-hydroxylation sites is 1. The fourth-order valence-electron chi connectivity index (χ4n) is 4.68. The van der Waals surface area contributed by atoms with Gasteiger partial charge in [0.1, 0.15) is 11.4 Å². The number of ether oxygens (including phenoxy) is 3. The van der Waals surface area contributed by atoms with Gasteiger partial charge < -0.3 is 24.2 Å². The third-order valence-corrected chi connectivity index (χ3v) is 6.43. The van der Waals surface area contributed by atoms with E-state index in [0.29, 0.717) is 51.3 Å². The van der Waals surface area contributed by atoms with Crippen LogP contribution in [0, 0.1) is 0 Å². The number of likely N-dealkylation sites (tertiary alicyclic amines) is 1. The highest BCUT2D eigenvalue weighted by Gasteiger charge is 2.41. The summed E-state index contributed by atoms with van der Waals surface area (Å²) in [6.45, 7) is 5.62. The zero-order chi connectivity index (χ0) is 24.1. The number of nitrogens with one attached hydrogen (secondary N) is 1. The molecule has 1 saturated heterocycles. The second-order valence-corrected chi connectivity index (χ2v) is 8.53. The van der Waals surface area contributed by atoms with E-state index in [4.69, 9.17) is 19.2 Å². The number of piperidine rings is 1. The zero-order valence-corrected chi connectivity index (χ0v) is 20.0. The molecule has 2 N–H and O–H groups in total. The van der Waals surface area contributed by atoms with Crippen LogP contribution in [-0.4, -0.2) is 60.9 Å². The molecule has 1 amide bonds. The number of phenolic OH excluding ortho intramolecular Hbond substituents is 1. The highest BCUT2D eigenvalue weighted by molar-refractivity contribution is 6.02. The minimum Gasteiger partial charge on any atom is -0.504 e. The summed E-state index contributed by atoms with van der Waals surface area (Å²) >= 11 is 0. The van der Waals surface area contributed by atoms with Gasteiger partial charge in [-0.1, -0.05) is 12.1 Å². The number of aromatic hydroxyl groups is 1. The van der Waals surface area contributed by atoms with E-state index in [1.807, 2.05) is 50.2 Å². The van der Waals surface area contributed by atoms with E-state index in [1.54, 1.807) is 18.1 Å². The molecule has 2 aromatic carbocycles. The van der Waals surface area contributed by atoms with E-state index in [-0.39, 0.29) is 17.9 Å². The minimum absolute atomic E-state index is 0.150. The van der Waals surface area contributed by atoms with Crippen molar-refractivity contribution >= 4 is 11.8 Å². The molecular weight excluding hydrogens is 434 g/mol. The highest BCUT2D eigenvalue weighted by Crippen LogP contribution is 2.40. The number of methoxy groups -OCH3 is 1. The first-order chi connectivity index (χ1) is 16.5. The predicted molar refractivity (Wildman–Crippen MR) is 130 cm³/mol. The first-order valence-electron chi connectivity index (χ1n) is 11.9. The molecule has 0 radical (unpaired) electrons. The van der Waals surface area contributed by atoms with Gasteiger partial charge >= 0.3 is 6.09 Å². The van der Waals surface area contributed by atoms with Crippen LogP contribution >= 0.6 is 0 Å². The summed E-state index contributed by atoms with van der Waals surface area (Å²) in [6, 6.07) is 13.3. The van der Waals surface area contributed by atoms with Crippen LogP contribution in [0.1, 0.15) is 50.3 Å². The number of carbonyl (C=O) groups excluding carboxylic acids is 1. The molecule has 0 unspecified atom stereocenters. The van der Waals surface area contributed by atoms with Crippen LogP contribution in [0.5, 0.6) is 17.2 Å². The molecule has 4 rings (SSSR count). The third-order valence-electron chi connectivity index (χ3n) is 6.43. The van der Waals surface area contributed by atoms with Crippen LogP contribution in [0.3, 0.4) is 0 Å². The fraction of sp³-hybridized carbons (Fsp3) is 0.462. The summed E-state index contributed by atoms with van der Waals surface area (Å²) < 4.78 is 16.1. The Labute approximate surface area is 200 Å². The van der Waals surface area contributed by atoms with Gasteiger partial charge in [-0.05, 0) is 49.7 Å². The van der Waals surface area contributed by atoms with Gasteiger partial charge in [-0.3, -0.25) is 10.3 Å². The molecule has 0 bridgehead atoms. The van der Waals surface area contributed by atoms with Gasteiger partial charge in [-0.15, -0.1) is 0 Å². The Kier molecular flexibility index (Phi) is 7.26.